The van der Waals surface area contributed by atoms with Crippen LogP contribution in [0, 0.1) is 0 Å². The standard InChI is InChI=1S/C49H47ClN5O11P/c1-59-36-24-20-34(21-25-36)49(33-15-7-4-8-16-33,35-22-26-37(60-2)27-23-35)62-29-40-43(66-67(57,58)65-39-18-10-9-17-38(39)50)44(64-41-19-11-12-28-61-41)48(63-40)55-31-53-42-45(51-30-52-46(42)55)54-47(56)32-13-5-3-6-14-32/h3-10,13-18,20-27,30-31,40-41,43-44,48H,11-12,19,28-29H2,1-2H3,(H,57,58)(H,51,52,54,56)/t40-,41?,43-,44-,48-/m1/s1. The molecule has 18 heteroatoms. The second-order valence-corrected chi connectivity index (χ2v) is 17.4. The van der Waals surface area contributed by atoms with Crippen LogP contribution in [0.2, 0.25) is 5.02 Å². The number of methoxy groups -OCH3 is 2. The van der Waals surface area contributed by atoms with Gasteiger partial charge in [0.05, 0.1) is 32.2 Å². The smallest absolute Gasteiger partial charge is 0.497 e. The Morgan fingerprint density at radius 3 is 2.10 bits per heavy atom. The highest BCUT2D eigenvalue weighted by Crippen LogP contribution is 2.52. The molecule has 4 heterocycles. The van der Waals surface area contributed by atoms with Crippen LogP contribution in [0.4, 0.5) is 5.82 Å². The highest BCUT2D eigenvalue weighted by molar-refractivity contribution is 7.47. The number of rotatable bonds is 17. The van der Waals surface area contributed by atoms with Crippen molar-refractivity contribution in [3.8, 4) is 17.2 Å². The zero-order valence-corrected chi connectivity index (χ0v) is 38.1. The van der Waals surface area contributed by atoms with Crippen molar-refractivity contribution < 1.29 is 51.7 Å². The molecule has 6 atom stereocenters. The van der Waals surface area contributed by atoms with Gasteiger partial charge in [0.15, 0.2) is 29.5 Å². The van der Waals surface area contributed by atoms with E-state index < -0.39 is 50.2 Å². The SMILES string of the molecule is COc1ccc(C(OC[C@H]2O[C@@H](n3cnc4c(NC(=O)c5ccccc5)ncnc43)[C@H](OC3CCCCO3)[C@@H]2OP(=O)(O)Oc2ccccc2Cl)(c2ccccc2)c2ccc(OC)cc2)cc1. The summed E-state index contributed by atoms with van der Waals surface area (Å²) in [4.78, 5) is 38.5. The molecular weight excluding hydrogens is 901 g/mol. The van der Waals surface area contributed by atoms with Crippen molar-refractivity contribution >= 4 is 42.3 Å². The molecule has 0 radical (unpaired) electrons. The number of nitrogens with one attached hydrogen (secondary N) is 1. The van der Waals surface area contributed by atoms with E-state index in [0.29, 0.717) is 30.1 Å². The lowest BCUT2D eigenvalue weighted by Crippen LogP contribution is -2.43. The summed E-state index contributed by atoms with van der Waals surface area (Å²) < 4.78 is 65.9. The lowest BCUT2D eigenvalue weighted by atomic mass is 9.80. The molecule has 0 aliphatic carbocycles. The predicted molar refractivity (Wildman–Crippen MR) is 247 cm³/mol. The molecule has 2 unspecified atom stereocenters. The maximum Gasteiger partial charge on any atom is 0.527 e. The monoisotopic (exact) mass is 947 g/mol. The van der Waals surface area contributed by atoms with Crippen molar-refractivity contribution in [2.24, 2.45) is 0 Å². The lowest BCUT2D eigenvalue weighted by Gasteiger charge is -2.37. The van der Waals surface area contributed by atoms with Gasteiger partial charge in [0, 0.05) is 12.2 Å². The molecule has 5 aromatic carbocycles. The van der Waals surface area contributed by atoms with Gasteiger partial charge in [0.2, 0.25) is 0 Å². The fraction of sp³-hybridized carbons (Fsp3) is 0.265. The van der Waals surface area contributed by atoms with Crippen molar-refractivity contribution in [2.75, 3.05) is 32.8 Å². The summed E-state index contributed by atoms with van der Waals surface area (Å²) in [6.45, 7) is 0.176. The van der Waals surface area contributed by atoms with Crippen molar-refractivity contribution in [3.05, 3.63) is 173 Å². The second-order valence-electron chi connectivity index (χ2n) is 15.7. The van der Waals surface area contributed by atoms with E-state index in [4.69, 9.17) is 49.1 Å². The first-order chi connectivity index (χ1) is 32.7. The van der Waals surface area contributed by atoms with Gasteiger partial charge >= 0.3 is 7.82 Å². The summed E-state index contributed by atoms with van der Waals surface area (Å²) in [5.74, 6) is 0.947. The number of benzene rings is 5. The first-order valence-corrected chi connectivity index (χ1v) is 23.4. The number of phosphoric ester groups is 1. The van der Waals surface area contributed by atoms with Crippen LogP contribution in [-0.4, -0.2) is 82.4 Å². The minimum Gasteiger partial charge on any atom is -0.497 e. The average Bonchev–Trinajstić information content (AvgIpc) is 3.94. The van der Waals surface area contributed by atoms with Gasteiger partial charge in [0.25, 0.3) is 5.91 Å². The molecule has 67 heavy (non-hydrogen) atoms. The summed E-state index contributed by atoms with van der Waals surface area (Å²) >= 11 is 6.41. The summed E-state index contributed by atoms with van der Waals surface area (Å²) in [6, 6.07) is 39.7. The Hall–Kier alpha value is -6.20. The number of carbonyl (C=O) groups excluding carboxylic acids is 1. The number of aromatic nitrogens is 4. The van der Waals surface area contributed by atoms with Crippen LogP contribution in [0.5, 0.6) is 17.2 Å². The molecule has 1 amide bonds. The first-order valence-electron chi connectivity index (χ1n) is 21.6. The van der Waals surface area contributed by atoms with Gasteiger partial charge in [-0.3, -0.25) is 18.8 Å². The third-order valence-electron chi connectivity index (χ3n) is 11.6. The zero-order chi connectivity index (χ0) is 46.4. The summed E-state index contributed by atoms with van der Waals surface area (Å²) in [7, 11) is -1.86. The zero-order valence-electron chi connectivity index (χ0n) is 36.4. The van der Waals surface area contributed by atoms with Gasteiger partial charge in [-0.1, -0.05) is 96.5 Å². The molecule has 2 fully saturated rings. The van der Waals surface area contributed by atoms with E-state index in [1.54, 1.807) is 55.2 Å². The fourth-order valence-electron chi connectivity index (χ4n) is 8.33. The Labute approximate surface area is 391 Å². The van der Waals surface area contributed by atoms with Gasteiger partial charge in [-0.2, -0.15) is 0 Å². The van der Waals surface area contributed by atoms with Crippen LogP contribution < -0.4 is 19.3 Å². The van der Waals surface area contributed by atoms with E-state index in [9.17, 15) is 14.3 Å². The molecule has 346 valence electrons. The maximum absolute atomic E-state index is 14.3. The molecule has 2 saturated heterocycles. The van der Waals surface area contributed by atoms with Crippen molar-refractivity contribution in [2.45, 2.75) is 55.7 Å². The molecule has 9 rings (SSSR count). The van der Waals surface area contributed by atoms with Gasteiger partial charge in [0.1, 0.15) is 47.5 Å². The maximum atomic E-state index is 14.3. The molecule has 0 bridgehead atoms. The highest BCUT2D eigenvalue weighted by atomic mass is 35.5. The third-order valence-corrected chi connectivity index (χ3v) is 12.8. The quantitative estimate of drug-likeness (QED) is 0.0651. The van der Waals surface area contributed by atoms with Crippen LogP contribution >= 0.6 is 19.4 Å². The van der Waals surface area contributed by atoms with Crippen molar-refractivity contribution in [3.63, 3.8) is 0 Å². The molecule has 2 N–H and O–H groups in total. The number of nitrogens with zero attached hydrogens (tertiary/aromatic N) is 4. The number of fused-ring (bicyclic) bond motifs is 1. The van der Waals surface area contributed by atoms with E-state index >= 15 is 0 Å². The molecule has 0 spiro atoms. The van der Waals surface area contributed by atoms with E-state index in [2.05, 4.69) is 20.3 Å². The Kier molecular flexibility index (Phi) is 14.0. The van der Waals surface area contributed by atoms with Crippen molar-refractivity contribution in [1.29, 1.82) is 0 Å². The Balaban J connectivity index is 1.15. The number of hydrogen-bond donors (Lipinski definition) is 2. The van der Waals surface area contributed by atoms with Crippen LogP contribution in [-0.2, 0) is 33.6 Å². The largest absolute Gasteiger partial charge is 0.527 e. The number of para-hydroxylation sites is 1. The average molecular weight is 948 g/mol. The van der Waals surface area contributed by atoms with Crippen LogP contribution in [0.1, 0.15) is 52.5 Å². The Morgan fingerprint density at radius 2 is 1.46 bits per heavy atom. The van der Waals surface area contributed by atoms with Crippen molar-refractivity contribution in [1.82, 2.24) is 19.5 Å². The van der Waals surface area contributed by atoms with Gasteiger partial charge in [-0.05, 0) is 84.5 Å². The van der Waals surface area contributed by atoms with Gasteiger partial charge < -0.3 is 38.3 Å². The summed E-state index contributed by atoms with van der Waals surface area (Å²) in [6.07, 6.45) is -0.685. The molecule has 0 saturated carbocycles. The Bertz CT molecular complexity index is 2770. The Morgan fingerprint density at radius 1 is 0.821 bits per heavy atom. The second kappa shape index (κ2) is 20.3. The number of halogens is 1. The topological polar surface area (TPSA) is 184 Å². The fourth-order valence-corrected chi connectivity index (χ4v) is 9.57. The number of carbonyl (C=O) groups is 1. The minimum atomic E-state index is -5.05. The molecular formula is C49H47ClN5O11P. The van der Waals surface area contributed by atoms with E-state index in [-0.39, 0.29) is 34.4 Å². The van der Waals surface area contributed by atoms with Gasteiger partial charge in [-0.25, -0.2) is 19.5 Å². The number of imidazole rings is 1. The number of hydrogen-bond acceptors (Lipinski definition) is 13. The molecule has 16 nitrogen and oxygen atoms in total. The third kappa shape index (κ3) is 9.94. The van der Waals surface area contributed by atoms with E-state index in [0.717, 1.165) is 29.5 Å². The molecule has 2 aliphatic rings. The highest BCUT2D eigenvalue weighted by Gasteiger charge is 2.53. The minimum absolute atomic E-state index is 0.0733. The number of phosphoric acid groups is 1. The van der Waals surface area contributed by atoms with Gasteiger partial charge in [-0.15, -0.1) is 0 Å². The molecule has 2 aromatic heterocycles. The first kappa shape index (κ1) is 45.9. The van der Waals surface area contributed by atoms with E-state index in [1.165, 1.54) is 24.8 Å². The predicted octanol–water partition coefficient (Wildman–Crippen LogP) is 9.13. The lowest BCUT2D eigenvalue weighted by molar-refractivity contribution is -0.214. The van der Waals surface area contributed by atoms with Crippen LogP contribution in [0.25, 0.3) is 11.2 Å². The van der Waals surface area contributed by atoms with Crippen LogP contribution in [0.15, 0.2) is 146 Å². The molecule has 2 aliphatic heterocycles. The molecule has 7 aromatic rings. The number of amides is 1. The number of anilines is 1. The summed E-state index contributed by atoms with van der Waals surface area (Å²) in [5.41, 5.74) is 1.83. The number of ether oxygens (including phenoxy) is 6. The summed E-state index contributed by atoms with van der Waals surface area (Å²) in [5, 5.41) is 2.93. The van der Waals surface area contributed by atoms with Crippen LogP contribution in [0.3, 0.4) is 0 Å². The normalized spacial score (nSPS) is 20.5. The van der Waals surface area contributed by atoms with E-state index in [1.807, 2.05) is 84.9 Å².